The molecule has 4 aromatic rings. The van der Waals surface area contributed by atoms with E-state index < -0.39 is 41.2 Å². The summed E-state index contributed by atoms with van der Waals surface area (Å²) in [5.41, 5.74) is -1.61. The SMILES string of the molecule is O=C(NCCc1cccc2ccccc12)N[C@@H](c1ccc(C(F)(F)F)cc1)c1ncccc1C(F)(F)F. The minimum atomic E-state index is -4.79. The van der Waals surface area contributed by atoms with Crippen LogP contribution in [0.4, 0.5) is 31.1 Å². The highest BCUT2D eigenvalue weighted by atomic mass is 19.4. The maximum Gasteiger partial charge on any atom is 0.418 e. The van der Waals surface area contributed by atoms with E-state index in [1.807, 2.05) is 42.5 Å². The fourth-order valence-electron chi connectivity index (χ4n) is 4.06. The van der Waals surface area contributed by atoms with E-state index in [0.29, 0.717) is 6.42 Å². The van der Waals surface area contributed by atoms with Crippen LogP contribution in [0.2, 0.25) is 0 Å². The summed E-state index contributed by atoms with van der Waals surface area (Å²) in [5.74, 6) is 0. The number of benzene rings is 3. The Bertz CT molecular complexity index is 1380. The first-order valence-electron chi connectivity index (χ1n) is 11.2. The Kier molecular flexibility index (Phi) is 7.37. The second-order valence-electron chi connectivity index (χ2n) is 8.28. The highest BCUT2D eigenvalue weighted by Gasteiger charge is 2.37. The quantitative estimate of drug-likeness (QED) is 0.273. The van der Waals surface area contributed by atoms with Crippen molar-refractivity contribution in [2.45, 2.75) is 24.8 Å². The van der Waals surface area contributed by atoms with E-state index in [1.54, 1.807) is 0 Å². The highest BCUT2D eigenvalue weighted by molar-refractivity contribution is 5.85. The number of nitrogens with one attached hydrogen (secondary N) is 2. The smallest absolute Gasteiger partial charge is 0.338 e. The van der Waals surface area contributed by atoms with Crippen molar-refractivity contribution >= 4 is 16.8 Å². The molecular weight excluding hydrogens is 496 g/mol. The number of aromatic nitrogens is 1. The van der Waals surface area contributed by atoms with Crippen molar-refractivity contribution in [3.05, 3.63) is 113 Å². The van der Waals surface area contributed by atoms with Gasteiger partial charge in [0, 0.05) is 12.7 Å². The molecule has 0 spiro atoms. The molecule has 0 bridgehead atoms. The van der Waals surface area contributed by atoms with Crippen LogP contribution in [0.1, 0.15) is 34.0 Å². The van der Waals surface area contributed by atoms with Crippen LogP contribution in [0.5, 0.6) is 0 Å². The third-order valence-corrected chi connectivity index (χ3v) is 5.82. The Balaban J connectivity index is 1.56. The zero-order valence-corrected chi connectivity index (χ0v) is 19.2. The lowest BCUT2D eigenvalue weighted by Gasteiger charge is -2.23. The number of rotatable bonds is 6. The number of halogens is 6. The normalized spacial score (nSPS) is 12.8. The highest BCUT2D eigenvalue weighted by Crippen LogP contribution is 2.36. The van der Waals surface area contributed by atoms with E-state index in [-0.39, 0.29) is 12.1 Å². The van der Waals surface area contributed by atoms with Gasteiger partial charge in [0.1, 0.15) is 0 Å². The molecule has 3 aromatic carbocycles. The summed E-state index contributed by atoms with van der Waals surface area (Å²) >= 11 is 0. The lowest BCUT2D eigenvalue weighted by molar-refractivity contribution is -0.139. The first-order chi connectivity index (χ1) is 17.5. The molecule has 0 unspecified atom stereocenters. The van der Waals surface area contributed by atoms with Gasteiger partial charge >= 0.3 is 18.4 Å². The molecule has 192 valence electrons. The number of hydrogen-bond acceptors (Lipinski definition) is 2. The third kappa shape index (κ3) is 6.19. The van der Waals surface area contributed by atoms with Gasteiger partial charge in [-0.3, -0.25) is 4.98 Å². The number of urea groups is 1. The van der Waals surface area contributed by atoms with E-state index in [4.69, 9.17) is 0 Å². The molecule has 0 aliphatic rings. The van der Waals surface area contributed by atoms with Crippen molar-refractivity contribution in [3.8, 4) is 0 Å². The number of fused-ring (bicyclic) bond motifs is 1. The van der Waals surface area contributed by atoms with Crippen molar-refractivity contribution in [3.63, 3.8) is 0 Å². The Morgan fingerprint density at radius 3 is 2.22 bits per heavy atom. The van der Waals surface area contributed by atoms with Gasteiger partial charge in [-0.2, -0.15) is 26.3 Å². The van der Waals surface area contributed by atoms with Crippen LogP contribution in [0.25, 0.3) is 10.8 Å². The lowest BCUT2D eigenvalue weighted by atomic mass is 9.98. The average molecular weight is 517 g/mol. The molecule has 4 nitrogen and oxygen atoms in total. The molecule has 0 aliphatic heterocycles. The van der Waals surface area contributed by atoms with Crippen LogP contribution in [0.3, 0.4) is 0 Å². The standard InChI is InChI=1S/C27H21F6N3O/c28-26(29,30)20-12-10-19(11-13-20)23(24-22(27(31,32)33)9-4-15-34-24)36-25(37)35-16-14-18-7-3-6-17-5-1-2-8-21(17)18/h1-13,15,23H,14,16H2,(H2,35,36,37)/t23-/m0/s1. The number of nitrogens with zero attached hydrogens (tertiary/aromatic N) is 1. The largest absolute Gasteiger partial charge is 0.418 e. The molecule has 0 aliphatic carbocycles. The van der Waals surface area contributed by atoms with Gasteiger partial charge in [-0.05, 0) is 52.6 Å². The fourth-order valence-corrected chi connectivity index (χ4v) is 4.06. The van der Waals surface area contributed by atoms with Crippen LogP contribution in [0.15, 0.2) is 85.1 Å². The third-order valence-electron chi connectivity index (χ3n) is 5.82. The van der Waals surface area contributed by atoms with E-state index >= 15 is 0 Å². The molecule has 0 saturated heterocycles. The van der Waals surface area contributed by atoms with Gasteiger partial charge < -0.3 is 10.6 Å². The van der Waals surface area contributed by atoms with E-state index in [0.717, 1.165) is 58.9 Å². The predicted molar refractivity (Wildman–Crippen MR) is 127 cm³/mol. The van der Waals surface area contributed by atoms with Crippen LogP contribution in [0, 0.1) is 0 Å². The molecule has 10 heteroatoms. The summed E-state index contributed by atoms with van der Waals surface area (Å²) in [6, 6.07) is 16.7. The summed E-state index contributed by atoms with van der Waals surface area (Å²) in [4.78, 5) is 16.6. The number of amides is 2. The Morgan fingerprint density at radius 2 is 1.51 bits per heavy atom. The first-order valence-corrected chi connectivity index (χ1v) is 11.2. The number of hydrogen-bond donors (Lipinski definition) is 2. The first kappa shape index (κ1) is 26.0. The Hall–Kier alpha value is -4.08. The van der Waals surface area contributed by atoms with Gasteiger partial charge in [0.15, 0.2) is 0 Å². The zero-order valence-electron chi connectivity index (χ0n) is 19.2. The summed E-state index contributed by atoms with van der Waals surface area (Å²) in [5, 5.41) is 7.11. The zero-order chi connectivity index (χ0) is 26.6. The Morgan fingerprint density at radius 1 is 0.811 bits per heavy atom. The predicted octanol–water partition coefficient (Wildman–Crippen LogP) is 6.90. The minimum Gasteiger partial charge on any atom is -0.338 e. The Labute approximate surface area is 208 Å². The number of carbonyl (C=O) groups excluding carboxylic acids is 1. The van der Waals surface area contributed by atoms with Crippen molar-refractivity contribution in [2.75, 3.05) is 6.54 Å². The summed E-state index contributed by atoms with van der Waals surface area (Å²) < 4.78 is 80.1. The van der Waals surface area contributed by atoms with Gasteiger partial charge in [0.05, 0.1) is 22.9 Å². The maximum atomic E-state index is 13.7. The van der Waals surface area contributed by atoms with Crippen LogP contribution in [-0.4, -0.2) is 17.6 Å². The molecule has 1 aromatic heterocycles. The van der Waals surface area contributed by atoms with Crippen LogP contribution < -0.4 is 10.6 Å². The minimum absolute atomic E-state index is 0.0152. The monoisotopic (exact) mass is 517 g/mol. The van der Waals surface area contributed by atoms with Crippen molar-refractivity contribution in [1.82, 2.24) is 15.6 Å². The summed E-state index contributed by atoms with van der Waals surface area (Å²) in [7, 11) is 0. The van der Waals surface area contributed by atoms with Crippen LogP contribution >= 0.6 is 0 Å². The molecule has 2 N–H and O–H groups in total. The summed E-state index contributed by atoms with van der Waals surface area (Å²) in [6.07, 6.45) is -7.83. The molecule has 2 amide bonds. The van der Waals surface area contributed by atoms with Crippen molar-refractivity contribution < 1.29 is 31.1 Å². The van der Waals surface area contributed by atoms with Crippen LogP contribution in [-0.2, 0) is 18.8 Å². The molecule has 1 heterocycles. The number of alkyl halides is 6. The fraction of sp³-hybridized carbons (Fsp3) is 0.185. The topological polar surface area (TPSA) is 54.0 Å². The second kappa shape index (κ2) is 10.5. The molecule has 1 atom stereocenters. The molecule has 37 heavy (non-hydrogen) atoms. The lowest BCUT2D eigenvalue weighted by Crippen LogP contribution is -2.40. The van der Waals surface area contributed by atoms with Gasteiger partial charge in [-0.1, -0.05) is 54.6 Å². The van der Waals surface area contributed by atoms with Gasteiger partial charge in [0.2, 0.25) is 0 Å². The second-order valence-corrected chi connectivity index (χ2v) is 8.28. The van der Waals surface area contributed by atoms with E-state index in [1.165, 1.54) is 0 Å². The van der Waals surface area contributed by atoms with Crippen molar-refractivity contribution in [1.29, 1.82) is 0 Å². The van der Waals surface area contributed by atoms with E-state index in [2.05, 4.69) is 15.6 Å². The van der Waals surface area contributed by atoms with E-state index in [9.17, 15) is 31.1 Å². The molecular formula is C27H21F6N3O. The molecule has 0 saturated carbocycles. The van der Waals surface area contributed by atoms with Gasteiger partial charge in [-0.15, -0.1) is 0 Å². The molecule has 0 fully saturated rings. The number of carbonyl (C=O) groups is 1. The average Bonchev–Trinajstić information content (AvgIpc) is 2.86. The van der Waals surface area contributed by atoms with Gasteiger partial charge in [0.25, 0.3) is 0 Å². The molecule has 0 radical (unpaired) electrons. The summed E-state index contributed by atoms with van der Waals surface area (Å²) in [6.45, 7) is 0.175. The van der Waals surface area contributed by atoms with Gasteiger partial charge in [-0.25, -0.2) is 4.79 Å². The van der Waals surface area contributed by atoms with Crippen molar-refractivity contribution in [2.24, 2.45) is 0 Å². The number of pyridine rings is 1. The molecule has 4 rings (SSSR count). The maximum absolute atomic E-state index is 13.7.